The molecule has 0 bridgehead atoms. The zero-order chi connectivity index (χ0) is 10.7. The normalized spacial score (nSPS) is 10.0. The summed E-state index contributed by atoms with van der Waals surface area (Å²) in [6.45, 7) is 0. The van der Waals surface area contributed by atoms with E-state index in [1.54, 1.807) is 12.1 Å². The van der Waals surface area contributed by atoms with Crippen LogP contribution in [0.4, 0.5) is 4.39 Å². The van der Waals surface area contributed by atoms with Crippen LogP contribution in [0.2, 0.25) is 0 Å². The van der Waals surface area contributed by atoms with Crippen LogP contribution in [-0.2, 0) is 0 Å². The summed E-state index contributed by atoms with van der Waals surface area (Å²) < 4.78 is 18.2. The van der Waals surface area contributed by atoms with Gasteiger partial charge in [-0.2, -0.15) is 0 Å². The molecule has 2 aromatic rings. The monoisotopic (exact) mass is 201 g/mol. The van der Waals surface area contributed by atoms with E-state index in [0.717, 1.165) is 11.1 Å². The maximum atomic E-state index is 13.4. The van der Waals surface area contributed by atoms with Gasteiger partial charge in [0.05, 0.1) is 7.11 Å². The van der Waals surface area contributed by atoms with Gasteiger partial charge in [0.1, 0.15) is 0 Å². The second-order valence-electron chi connectivity index (χ2n) is 3.13. The van der Waals surface area contributed by atoms with Crippen molar-refractivity contribution >= 4 is 0 Å². The van der Waals surface area contributed by atoms with Crippen molar-refractivity contribution < 1.29 is 9.13 Å². The van der Waals surface area contributed by atoms with Crippen molar-refractivity contribution in [3.8, 4) is 16.9 Å². The summed E-state index contributed by atoms with van der Waals surface area (Å²) in [5.74, 6) is -0.0954. The van der Waals surface area contributed by atoms with Gasteiger partial charge in [0.2, 0.25) is 0 Å². The highest BCUT2D eigenvalue weighted by atomic mass is 19.1. The molecule has 0 aromatic heterocycles. The van der Waals surface area contributed by atoms with E-state index in [1.165, 1.54) is 13.2 Å². The third-order valence-corrected chi connectivity index (χ3v) is 2.17. The molecule has 1 radical (unpaired) electrons. The van der Waals surface area contributed by atoms with Crippen LogP contribution in [-0.4, -0.2) is 7.11 Å². The molecule has 15 heavy (non-hydrogen) atoms. The maximum Gasteiger partial charge on any atom is 0.165 e. The third-order valence-electron chi connectivity index (χ3n) is 2.17. The minimum absolute atomic E-state index is 0.259. The number of hydrogen-bond acceptors (Lipinski definition) is 1. The van der Waals surface area contributed by atoms with Crippen LogP contribution in [0.3, 0.4) is 0 Å². The summed E-state index contributed by atoms with van der Waals surface area (Å²) in [5.41, 5.74) is 1.67. The molecular formula is C13H10FO. The molecule has 0 unspecified atom stereocenters. The van der Waals surface area contributed by atoms with Gasteiger partial charge in [-0.3, -0.25) is 0 Å². The van der Waals surface area contributed by atoms with Crippen molar-refractivity contribution in [2.24, 2.45) is 0 Å². The molecule has 2 aromatic carbocycles. The Kier molecular flexibility index (Phi) is 2.68. The minimum Gasteiger partial charge on any atom is -0.494 e. The van der Waals surface area contributed by atoms with E-state index >= 15 is 0 Å². The highest BCUT2D eigenvalue weighted by molar-refractivity contribution is 5.63. The van der Waals surface area contributed by atoms with E-state index in [0.29, 0.717) is 0 Å². The molecule has 0 fully saturated rings. The number of methoxy groups -OCH3 is 1. The summed E-state index contributed by atoms with van der Waals surface area (Å²) in [7, 11) is 1.45. The Bertz CT molecular complexity index is 451. The largest absolute Gasteiger partial charge is 0.494 e. The lowest BCUT2D eigenvalue weighted by Crippen LogP contribution is -1.88. The number of benzene rings is 2. The fraction of sp³-hybridized carbons (Fsp3) is 0.0769. The smallest absolute Gasteiger partial charge is 0.165 e. The number of halogens is 1. The van der Waals surface area contributed by atoms with Crippen LogP contribution in [0.5, 0.6) is 5.75 Å². The minimum atomic E-state index is -0.354. The van der Waals surface area contributed by atoms with Crippen LogP contribution in [0.1, 0.15) is 0 Å². The first-order chi connectivity index (χ1) is 7.31. The first-order valence-electron chi connectivity index (χ1n) is 4.62. The fourth-order valence-corrected chi connectivity index (χ4v) is 1.41. The number of rotatable bonds is 2. The molecule has 1 nitrogen and oxygen atoms in total. The van der Waals surface area contributed by atoms with Gasteiger partial charge in [0, 0.05) is 0 Å². The number of ether oxygens (including phenoxy) is 1. The highest BCUT2D eigenvalue weighted by Gasteiger charge is 2.04. The van der Waals surface area contributed by atoms with Gasteiger partial charge in [-0.05, 0) is 29.3 Å². The molecule has 0 aliphatic heterocycles. The van der Waals surface area contributed by atoms with Gasteiger partial charge < -0.3 is 4.74 Å². The molecule has 0 N–H and O–H groups in total. The van der Waals surface area contributed by atoms with Crippen molar-refractivity contribution in [3.63, 3.8) is 0 Å². The van der Waals surface area contributed by atoms with Crippen molar-refractivity contribution in [3.05, 3.63) is 54.3 Å². The van der Waals surface area contributed by atoms with E-state index < -0.39 is 0 Å². The molecule has 0 aliphatic carbocycles. The zero-order valence-corrected chi connectivity index (χ0v) is 8.33. The Labute approximate surface area is 88.1 Å². The van der Waals surface area contributed by atoms with Gasteiger partial charge in [-0.1, -0.05) is 30.3 Å². The van der Waals surface area contributed by atoms with E-state index in [4.69, 9.17) is 4.74 Å². The van der Waals surface area contributed by atoms with Crippen molar-refractivity contribution in [1.82, 2.24) is 0 Å². The first kappa shape index (κ1) is 9.71. The van der Waals surface area contributed by atoms with Gasteiger partial charge in [0.15, 0.2) is 11.6 Å². The molecule has 0 atom stereocenters. The van der Waals surface area contributed by atoms with Crippen molar-refractivity contribution in [2.75, 3.05) is 7.11 Å². The standard InChI is InChI=1S/C13H10FO/c1-15-13-8-7-11(9-12(13)14)10-5-3-2-4-6-10/h2-5,7-9H,1H3. The molecule has 0 heterocycles. The number of hydrogen-bond donors (Lipinski definition) is 0. The van der Waals surface area contributed by atoms with E-state index in [-0.39, 0.29) is 11.6 Å². The predicted molar refractivity (Wildman–Crippen MR) is 57.2 cm³/mol. The van der Waals surface area contributed by atoms with Crippen LogP contribution in [0.15, 0.2) is 42.5 Å². The van der Waals surface area contributed by atoms with Crippen LogP contribution >= 0.6 is 0 Å². The van der Waals surface area contributed by atoms with Gasteiger partial charge in [0.25, 0.3) is 0 Å². The fourth-order valence-electron chi connectivity index (χ4n) is 1.41. The summed E-state index contributed by atoms with van der Waals surface area (Å²) >= 11 is 0. The zero-order valence-electron chi connectivity index (χ0n) is 8.33. The molecule has 2 rings (SSSR count). The molecule has 0 saturated carbocycles. The maximum absolute atomic E-state index is 13.4. The summed E-state index contributed by atoms with van der Waals surface area (Å²) in [5, 5.41) is 0. The van der Waals surface area contributed by atoms with Crippen molar-refractivity contribution in [2.45, 2.75) is 0 Å². The lowest BCUT2D eigenvalue weighted by molar-refractivity contribution is 0.386. The van der Waals surface area contributed by atoms with Crippen molar-refractivity contribution in [1.29, 1.82) is 0 Å². The van der Waals surface area contributed by atoms with Crippen LogP contribution in [0, 0.1) is 11.9 Å². The quantitative estimate of drug-likeness (QED) is 0.724. The molecule has 0 spiro atoms. The van der Waals surface area contributed by atoms with E-state index in [1.807, 2.05) is 24.3 Å². The summed E-state index contributed by atoms with van der Waals surface area (Å²) in [4.78, 5) is 0. The average Bonchev–Trinajstić information content (AvgIpc) is 2.30. The van der Waals surface area contributed by atoms with E-state index in [2.05, 4.69) is 6.07 Å². The molecule has 75 valence electrons. The second kappa shape index (κ2) is 4.13. The van der Waals surface area contributed by atoms with Crippen LogP contribution in [0.25, 0.3) is 11.1 Å². The summed E-state index contributed by atoms with van der Waals surface area (Å²) in [6.07, 6.45) is 0. The molecule has 0 saturated heterocycles. The van der Waals surface area contributed by atoms with Gasteiger partial charge in [-0.15, -0.1) is 0 Å². The molecule has 0 aliphatic rings. The average molecular weight is 201 g/mol. The first-order valence-corrected chi connectivity index (χ1v) is 4.62. The molecule has 0 amide bonds. The Hall–Kier alpha value is -1.83. The second-order valence-corrected chi connectivity index (χ2v) is 3.13. The topological polar surface area (TPSA) is 9.23 Å². The lowest BCUT2D eigenvalue weighted by atomic mass is 10.1. The Morgan fingerprint density at radius 2 is 2.07 bits per heavy atom. The SMILES string of the molecule is COc1ccc(-c2[c]cccc2)cc1F. The third kappa shape index (κ3) is 1.99. The predicted octanol–water partition coefficient (Wildman–Crippen LogP) is 3.30. The highest BCUT2D eigenvalue weighted by Crippen LogP contribution is 2.24. The summed E-state index contributed by atoms with van der Waals surface area (Å²) in [6, 6.07) is 15.4. The Morgan fingerprint density at radius 1 is 1.20 bits per heavy atom. The molecule has 2 heteroatoms. The lowest BCUT2D eigenvalue weighted by Gasteiger charge is -2.04. The van der Waals surface area contributed by atoms with Gasteiger partial charge >= 0.3 is 0 Å². The van der Waals surface area contributed by atoms with Gasteiger partial charge in [-0.25, -0.2) is 4.39 Å². The van der Waals surface area contributed by atoms with Crippen LogP contribution < -0.4 is 4.74 Å². The Morgan fingerprint density at radius 3 is 2.67 bits per heavy atom. The molecular weight excluding hydrogens is 191 g/mol. The Balaban J connectivity index is 2.43. The van der Waals surface area contributed by atoms with E-state index in [9.17, 15) is 4.39 Å².